The molecule has 0 unspecified atom stereocenters. The topological polar surface area (TPSA) is 55.2 Å². The van der Waals surface area contributed by atoms with Gasteiger partial charge in [-0.05, 0) is 56.0 Å². The highest BCUT2D eigenvalue weighted by Crippen LogP contribution is 2.27. The third-order valence-corrected chi connectivity index (χ3v) is 6.44. The van der Waals surface area contributed by atoms with Crippen molar-refractivity contribution >= 4 is 28.6 Å². The molecule has 1 amide bonds. The molecule has 0 N–H and O–H groups in total. The number of hydrogen-bond donors (Lipinski definition) is 0. The minimum atomic E-state index is -0.303. The summed E-state index contributed by atoms with van der Waals surface area (Å²) in [5, 5.41) is 0.829. The lowest BCUT2D eigenvalue weighted by Crippen LogP contribution is -2.34. The monoisotopic (exact) mass is 407 g/mol. The van der Waals surface area contributed by atoms with Crippen molar-refractivity contribution in [2.45, 2.75) is 43.5 Å². The van der Waals surface area contributed by atoms with Gasteiger partial charge in [-0.25, -0.2) is 4.98 Å². The Labute approximate surface area is 174 Å². The van der Waals surface area contributed by atoms with E-state index in [2.05, 4.69) is 6.92 Å². The molecular weight excluding hydrogens is 382 g/mol. The van der Waals surface area contributed by atoms with Gasteiger partial charge in [-0.1, -0.05) is 43.0 Å². The van der Waals surface area contributed by atoms with Gasteiger partial charge in [-0.15, -0.1) is 0 Å². The number of aromatic nitrogens is 2. The maximum Gasteiger partial charge on any atom is 0.266 e. The van der Waals surface area contributed by atoms with E-state index in [1.807, 2.05) is 54.3 Å². The van der Waals surface area contributed by atoms with E-state index in [-0.39, 0.29) is 16.7 Å². The maximum atomic E-state index is 13.3. The van der Waals surface area contributed by atoms with Crippen LogP contribution in [0.2, 0.25) is 0 Å². The molecule has 1 aromatic heterocycles. The fourth-order valence-electron chi connectivity index (χ4n) is 3.70. The molecule has 0 bridgehead atoms. The van der Waals surface area contributed by atoms with E-state index in [1.165, 1.54) is 17.3 Å². The number of hydrogen-bond acceptors (Lipinski definition) is 4. The van der Waals surface area contributed by atoms with Gasteiger partial charge in [0.1, 0.15) is 0 Å². The Morgan fingerprint density at radius 1 is 1.10 bits per heavy atom. The van der Waals surface area contributed by atoms with Crippen molar-refractivity contribution in [1.82, 2.24) is 14.5 Å². The van der Waals surface area contributed by atoms with E-state index in [1.54, 1.807) is 10.6 Å². The lowest BCUT2D eigenvalue weighted by Gasteiger charge is -2.21. The van der Waals surface area contributed by atoms with Gasteiger partial charge in [0, 0.05) is 13.1 Å². The summed E-state index contributed by atoms with van der Waals surface area (Å²) >= 11 is 1.36. The first-order valence-electron chi connectivity index (χ1n) is 10.1. The number of fused-ring (bicyclic) bond motifs is 1. The number of likely N-dealkylation sites (tertiary alicyclic amines) is 1. The molecule has 5 nitrogen and oxygen atoms in total. The second kappa shape index (κ2) is 8.41. The molecule has 3 aromatic rings. The molecule has 0 aliphatic carbocycles. The van der Waals surface area contributed by atoms with Gasteiger partial charge in [0.25, 0.3) is 5.56 Å². The molecule has 0 spiro atoms. The molecule has 150 valence electrons. The van der Waals surface area contributed by atoms with Crippen LogP contribution in [0.15, 0.2) is 58.5 Å². The van der Waals surface area contributed by atoms with E-state index in [9.17, 15) is 9.59 Å². The average molecular weight is 408 g/mol. The molecule has 0 radical (unpaired) electrons. The van der Waals surface area contributed by atoms with Crippen LogP contribution in [0.25, 0.3) is 16.6 Å². The molecule has 1 atom stereocenters. The summed E-state index contributed by atoms with van der Waals surface area (Å²) in [6.45, 7) is 5.64. The Balaban J connectivity index is 1.78. The number of para-hydroxylation sites is 1. The zero-order chi connectivity index (χ0) is 20.4. The second-order valence-electron chi connectivity index (χ2n) is 7.36. The van der Waals surface area contributed by atoms with Crippen LogP contribution in [0.3, 0.4) is 0 Å². The summed E-state index contributed by atoms with van der Waals surface area (Å²) in [4.78, 5) is 32.8. The Morgan fingerprint density at radius 3 is 2.48 bits per heavy atom. The van der Waals surface area contributed by atoms with Gasteiger partial charge < -0.3 is 4.90 Å². The Bertz CT molecular complexity index is 1090. The molecule has 4 rings (SSSR count). The normalized spacial score (nSPS) is 15.0. The van der Waals surface area contributed by atoms with Crippen LogP contribution in [0.4, 0.5) is 0 Å². The third kappa shape index (κ3) is 3.94. The van der Waals surface area contributed by atoms with Crippen molar-refractivity contribution in [2.24, 2.45) is 0 Å². The summed E-state index contributed by atoms with van der Waals surface area (Å²) in [5.41, 5.74) is 2.53. The predicted octanol–water partition coefficient (Wildman–Crippen LogP) is 4.05. The van der Waals surface area contributed by atoms with E-state index in [0.29, 0.717) is 16.1 Å². The highest BCUT2D eigenvalue weighted by Gasteiger charge is 2.26. The van der Waals surface area contributed by atoms with Crippen LogP contribution >= 0.6 is 11.8 Å². The predicted molar refractivity (Wildman–Crippen MR) is 118 cm³/mol. The third-order valence-electron chi connectivity index (χ3n) is 5.40. The summed E-state index contributed by atoms with van der Waals surface area (Å²) in [6.07, 6.45) is 3.06. The van der Waals surface area contributed by atoms with Gasteiger partial charge in [-0.2, -0.15) is 0 Å². The minimum absolute atomic E-state index is 0.108. The fraction of sp³-hybridized carbons (Fsp3) is 0.348. The SMILES string of the molecule is CCc1ccc(-n2c(S[C@@H](C)C(=O)N3CCCC3)nc3ccccc3c2=O)cc1. The second-order valence-corrected chi connectivity index (χ2v) is 8.67. The molecule has 1 aliphatic heterocycles. The van der Waals surface area contributed by atoms with Gasteiger partial charge >= 0.3 is 0 Å². The van der Waals surface area contributed by atoms with Crippen LogP contribution in [-0.4, -0.2) is 38.7 Å². The Morgan fingerprint density at radius 2 is 1.79 bits per heavy atom. The first-order chi connectivity index (χ1) is 14.1. The summed E-state index contributed by atoms with van der Waals surface area (Å²) in [5.74, 6) is 0.114. The maximum absolute atomic E-state index is 13.3. The van der Waals surface area contributed by atoms with Crippen molar-refractivity contribution in [3.8, 4) is 5.69 Å². The Hall–Kier alpha value is -2.60. The zero-order valence-electron chi connectivity index (χ0n) is 16.8. The molecule has 0 saturated carbocycles. The van der Waals surface area contributed by atoms with Crippen LogP contribution in [0.1, 0.15) is 32.3 Å². The highest BCUT2D eigenvalue weighted by molar-refractivity contribution is 8.00. The molecule has 2 heterocycles. The number of rotatable bonds is 5. The summed E-state index contributed by atoms with van der Waals surface area (Å²) < 4.78 is 1.64. The van der Waals surface area contributed by atoms with E-state index < -0.39 is 0 Å². The first-order valence-corrected chi connectivity index (χ1v) is 11.0. The molecule has 29 heavy (non-hydrogen) atoms. The van der Waals surface area contributed by atoms with Crippen molar-refractivity contribution in [3.63, 3.8) is 0 Å². The van der Waals surface area contributed by atoms with Crippen molar-refractivity contribution < 1.29 is 4.79 Å². The molecule has 1 aliphatic rings. The number of carbonyl (C=O) groups excluding carboxylic acids is 1. The van der Waals surface area contributed by atoms with Crippen molar-refractivity contribution in [2.75, 3.05) is 13.1 Å². The standard InChI is InChI=1S/C23H25N3O2S/c1-3-17-10-12-18(13-11-17)26-22(28)19-8-4-5-9-20(19)24-23(26)29-16(2)21(27)25-14-6-7-15-25/h4-5,8-13,16H,3,6-7,14-15H2,1-2H3/t16-/m0/s1. The molecule has 2 aromatic carbocycles. The number of nitrogens with zero attached hydrogens (tertiary/aromatic N) is 3. The smallest absolute Gasteiger partial charge is 0.266 e. The molecule has 1 saturated heterocycles. The van der Waals surface area contributed by atoms with E-state index in [4.69, 9.17) is 4.98 Å². The lowest BCUT2D eigenvalue weighted by molar-refractivity contribution is -0.129. The lowest BCUT2D eigenvalue weighted by atomic mass is 10.1. The minimum Gasteiger partial charge on any atom is -0.342 e. The van der Waals surface area contributed by atoms with Gasteiger partial charge in [0.2, 0.25) is 5.91 Å². The molecular formula is C23H25N3O2S. The number of aryl methyl sites for hydroxylation is 1. The summed E-state index contributed by atoms with van der Waals surface area (Å²) in [6, 6.07) is 15.3. The summed E-state index contributed by atoms with van der Waals surface area (Å²) in [7, 11) is 0. The van der Waals surface area contributed by atoms with Crippen LogP contribution < -0.4 is 5.56 Å². The number of carbonyl (C=O) groups is 1. The zero-order valence-corrected chi connectivity index (χ0v) is 17.6. The quantitative estimate of drug-likeness (QED) is 0.473. The largest absolute Gasteiger partial charge is 0.342 e. The van der Waals surface area contributed by atoms with Gasteiger partial charge in [-0.3, -0.25) is 14.2 Å². The highest BCUT2D eigenvalue weighted by atomic mass is 32.2. The first kappa shape index (κ1) is 19.7. The van der Waals surface area contributed by atoms with Crippen LogP contribution in [-0.2, 0) is 11.2 Å². The molecule has 6 heteroatoms. The van der Waals surface area contributed by atoms with Gasteiger partial charge in [0.05, 0.1) is 21.8 Å². The van der Waals surface area contributed by atoms with Crippen molar-refractivity contribution in [3.05, 3.63) is 64.4 Å². The fourth-order valence-corrected chi connectivity index (χ4v) is 4.71. The number of benzene rings is 2. The van der Waals surface area contributed by atoms with E-state index in [0.717, 1.165) is 38.0 Å². The van der Waals surface area contributed by atoms with Gasteiger partial charge in [0.15, 0.2) is 5.16 Å². The number of amides is 1. The average Bonchev–Trinajstić information content (AvgIpc) is 3.28. The Kier molecular flexibility index (Phi) is 5.72. The van der Waals surface area contributed by atoms with Crippen LogP contribution in [0, 0.1) is 0 Å². The van der Waals surface area contributed by atoms with Crippen molar-refractivity contribution in [1.29, 1.82) is 0 Å². The number of thioether (sulfide) groups is 1. The van der Waals surface area contributed by atoms with Crippen LogP contribution in [0.5, 0.6) is 0 Å². The van der Waals surface area contributed by atoms with E-state index >= 15 is 0 Å². The molecule has 1 fully saturated rings.